The molecule has 3 rings (SSSR count). The maximum atomic E-state index is 12.6. The summed E-state index contributed by atoms with van der Waals surface area (Å²) in [5.41, 5.74) is 0.778. The molecule has 1 heterocycles. The highest BCUT2D eigenvalue weighted by Gasteiger charge is 2.21. The van der Waals surface area contributed by atoms with Crippen LogP contribution in [0.25, 0.3) is 0 Å². The lowest BCUT2D eigenvalue weighted by atomic mass is 10.1. The standard InChI is InChI=1S/C18H16ClN5O3S/c1-11(13-5-3-4-6-14(13)19)21-17(25)12-7-8-16(15(9-12)24(26)27)28-18-22-20-10-23(18)2/h3-11H,1-2H3,(H,21,25)/t11-/m1/s1. The van der Waals surface area contributed by atoms with E-state index in [1.54, 1.807) is 36.7 Å². The average molecular weight is 418 g/mol. The highest BCUT2D eigenvalue weighted by atomic mass is 35.5. The Bertz CT molecular complexity index is 1040. The van der Waals surface area contributed by atoms with Gasteiger partial charge in [-0.1, -0.05) is 29.8 Å². The maximum absolute atomic E-state index is 12.6. The Hall–Kier alpha value is -2.91. The molecule has 1 atom stereocenters. The van der Waals surface area contributed by atoms with E-state index in [-0.39, 0.29) is 17.3 Å². The van der Waals surface area contributed by atoms with Crippen LogP contribution in [0.3, 0.4) is 0 Å². The van der Waals surface area contributed by atoms with Crippen LogP contribution in [0.4, 0.5) is 5.69 Å². The van der Waals surface area contributed by atoms with Gasteiger partial charge in [0.25, 0.3) is 11.6 Å². The largest absolute Gasteiger partial charge is 0.345 e. The first-order chi connectivity index (χ1) is 13.4. The maximum Gasteiger partial charge on any atom is 0.284 e. The fraction of sp³-hybridized carbons (Fsp3) is 0.167. The first-order valence-electron chi connectivity index (χ1n) is 8.22. The lowest BCUT2D eigenvalue weighted by Crippen LogP contribution is -2.26. The van der Waals surface area contributed by atoms with Crippen molar-refractivity contribution in [3.05, 3.63) is 75.1 Å². The van der Waals surface area contributed by atoms with Gasteiger partial charge in [-0.05, 0) is 42.4 Å². The summed E-state index contributed by atoms with van der Waals surface area (Å²) in [4.78, 5) is 23.9. The number of nitro benzene ring substituents is 1. The highest BCUT2D eigenvalue weighted by Crippen LogP contribution is 2.34. The molecule has 0 bridgehead atoms. The van der Waals surface area contributed by atoms with Crippen LogP contribution >= 0.6 is 23.4 Å². The van der Waals surface area contributed by atoms with E-state index in [1.807, 2.05) is 12.1 Å². The van der Waals surface area contributed by atoms with E-state index in [0.29, 0.717) is 15.1 Å². The van der Waals surface area contributed by atoms with Gasteiger partial charge in [0.2, 0.25) is 0 Å². The van der Waals surface area contributed by atoms with Gasteiger partial charge in [0.1, 0.15) is 6.33 Å². The predicted octanol–water partition coefficient (Wildman–Crippen LogP) is 4.02. The molecule has 2 aromatic carbocycles. The summed E-state index contributed by atoms with van der Waals surface area (Å²) in [5, 5.41) is 23.0. The van der Waals surface area contributed by atoms with E-state index >= 15 is 0 Å². The molecule has 0 saturated carbocycles. The normalized spacial score (nSPS) is 11.8. The van der Waals surface area contributed by atoms with Gasteiger partial charge in [0.15, 0.2) is 5.16 Å². The number of nitrogens with zero attached hydrogens (tertiary/aromatic N) is 4. The molecule has 28 heavy (non-hydrogen) atoms. The molecule has 0 aliphatic heterocycles. The minimum atomic E-state index is -0.521. The van der Waals surface area contributed by atoms with Gasteiger partial charge in [0, 0.05) is 23.7 Å². The topological polar surface area (TPSA) is 103 Å². The van der Waals surface area contributed by atoms with Gasteiger partial charge < -0.3 is 9.88 Å². The van der Waals surface area contributed by atoms with Crippen LogP contribution in [0.1, 0.15) is 28.9 Å². The fourth-order valence-electron chi connectivity index (χ4n) is 2.53. The van der Waals surface area contributed by atoms with Crippen molar-refractivity contribution < 1.29 is 9.72 Å². The monoisotopic (exact) mass is 417 g/mol. The molecule has 3 aromatic rings. The Labute approximate surface area is 170 Å². The second-order valence-electron chi connectivity index (χ2n) is 5.98. The molecule has 0 unspecified atom stereocenters. The Morgan fingerprint density at radius 1 is 1.32 bits per heavy atom. The van der Waals surface area contributed by atoms with Crippen LogP contribution in [0.15, 0.2) is 58.8 Å². The lowest BCUT2D eigenvalue weighted by molar-refractivity contribution is -0.387. The molecular weight excluding hydrogens is 402 g/mol. The summed E-state index contributed by atoms with van der Waals surface area (Å²) in [7, 11) is 1.74. The molecule has 0 radical (unpaired) electrons. The molecule has 144 valence electrons. The minimum absolute atomic E-state index is 0.175. The number of aromatic nitrogens is 3. The van der Waals surface area contributed by atoms with Crippen LogP contribution in [0.2, 0.25) is 5.02 Å². The zero-order chi connectivity index (χ0) is 20.3. The van der Waals surface area contributed by atoms with Crippen molar-refractivity contribution in [1.82, 2.24) is 20.1 Å². The third-order valence-corrected chi connectivity index (χ3v) is 5.47. The molecule has 0 saturated heterocycles. The van der Waals surface area contributed by atoms with Crippen LogP contribution in [0, 0.1) is 10.1 Å². The first kappa shape index (κ1) is 19.8. The Balaban J connectivity index is 1.83. The summed E-state index contributed by atoms with van der Waals surface area (Å²) in [6.45, 7) is 1.80. The van der Waals surface area contributed by atoms with E-state index in [0.717, 1.165) is 17.3 Å². The molecule has 0 spiro atoms. The van der Waals surface area contributed by atoms with Crippen LogP contribution in [0.5, 0.6) is 0 Å². The zero-order valence-corrected chi connectivity index (χ0v) is 16.6. The van der Waals surface area contributed by atoms with E-state index in [9.17, 15) is 14.9 Å². The number of rotatable bonds is 6. The fourth-order valence-corrected chi connectivity index (χ4v) is 3.68. The van der Waals surface area contributed by atoms with E-state index in [1.165, 1.54) is 18.5 Å². The Morgan fingerprint density at radius 3 is 2.71 bits per heavy atom. The van der Waals surface area contributed by atoms with Gasteiger partial charge in [0.05, 0.1) is 15.9 Å². The number of carbonyl (C=O) groups excluding carboxylic acids is 1. The predicted molar refractivity (Wildman–Crippen MR) is 106 cm³/mol. The molecule has 8 nitrogen and oxygen atoms in total. The number of nitrogens with one attached hydrogen (secondary N) is 1. The average Bonchev–Trinajstić information content (AvgIpc) is 3.06. The Morgan fingerprint density at radius 2 is 2.07 bits per heavy atom. The number of halogens is 1. The van der Waals surface area contributed by atoms with Crippen molar-refractivity contribution in [3.63, 3.8) is 0 Å². The second kappa shape index (κ2) is 8.41. The third kappa shape index (κ3) is 4.32. The molecule has 1 amide bonds. The van der Waals surface area contributed by atoms with E-state index < -0.39 is 10.8 Å². The lowest BCUT2D eigenvalue weighted by Gasteiger charge is -2.16. The smallest absolute Gasteiger partial charge is 0.284 e. The summed E-state index contributed by atoms with van der Waals surface area (Å²) < 4.78 is 1.65. The summed E-state index contributed by atoms with van der Waals surface area (Å²) >= 11 is 7.27. The number of benzene rings is 2. The number of amides is 1. The summed E-state index contributed by atoms with van der Waals surface area (Å²) in [6, 6.07) is 11.2. The third-order valence-electron chi connectivity index (χ3n) is 4.01. The number of hydrogen-bond donors (Lipinski definition) is 1. The zero-order valence-electron chi connectivity index (χ0n) is 15.0. The van der Waals surface area contributed by atoms with Crippen molar-refractivity contribution in [3.8, 4) is 0 Å². The number of nitro groups is 1. The molecule has 1 aromatic heterocycles. The van der Waals surface area contributed by atoms with Gasteiger partial charge in [-0.3, -0.25) is 14.9 Å². The molecule has 1 N–H and O–H groups in total. The van der Waals surface area contributed by atoms with Crippen molar-refractivity contribution in [2.45, 2.75) is 23.0 Å². The molecular formula is C18H16ClN5O3S. The number of aryl methyl sites for hydroxylation is 1. The van der Waals surface area contributed by atoms with Gasteiger partial charge in [-0.25, -0.2) is 0 Å². The molecule has 0 aliphatic rings. The Kier molecular flexibility index (Phi) is 5.96. The van der Waals surface area contributed by atoms with Crippen molar-refractivity contribution in [2.75, 3.05) is 0 Å². The van der Waals surface area contributed by atoms with Gasteiger partial charge in [-0.2, -0.15) is 0 Å². The first-order valence-corrected chi connectivity index (χ1v) is 9.42. The minimum Gasteiger partial charge on any atom is -0.345 e. The second-order valence-corrected chi connectivity index (χ2v) is 7.40. The van der Waals surface area contributed by atoms with Gasteiger partial charge in [-0.15, -0.1) is 10.2 Å². The highest BCUT2D eigenvalue weighted by molar-refractivity contribution is 7.99. The van der Waals surface area contributed by atoms with Crippen molar-refractivity contribution >= 4 is 35.0 Å². The number of carbonyl (C=O) groups is 1. The van der Waals surface area contributed by atoms with Gasteiger partial charge >= 0.3 is 0 Å². The SMILES string of the molecule is C[C@@H](NC(=O)c1ccc(Sc2nncn2C)c([N+](=O)[O-])c1)c1ccccc1Cl. The molecule has 0 fully saturated rings. The van der Waals surface area contributed by atoms with Crippen LogP contribution < -0.4 is 5.32 Å². The van der Waals surface area contributed by atoms with Crippen LogP contribution in [-0.2, 0) is 7.05 Å². The van der Waals surface area contributed by atoms with Crippen molar-refractivity contribution in [1.29, 1.82) is 0 Å². The summed E-state index contributed by atoms with van der Waals surface area (Å²) in [5.74, 6) is -0.425. The van der Waals surface area contributed by atoms with Crippen LogP contribution in [-0.4, -0.2) is 25.6 Å². The summed E-state index contributed by atoms with van der Waals surface area (Å²) in [6.07, 6.45) is 1.51. The quantitative estimate of drug-likeness (QED) is 0.480. The molecule has 10 heteroatoms. The van der Waals surface area contributed by atoms with E-state index in [2.05, 4.69) is 15.5 Å². The van der Waals surface area contributed by atoms with Crippen molar-refractivity contribution in [2.24, 2.45) is 7.05 Å². The molecule has 0 aliphatic carbocycles. The van der Waals surface area contributed by atoms with E-state index in [4.69, 9.17) is 11.6 Å². The number of hydrogen-bond acceptors (Lipinski definition) is 6.